The Kier molecular flexibility index (Phi) is 7.16. The molecule has 2 fully saturated rings. The molecule has 5 heteroatoms. The van der Waals surface area contributed by atoms with Crippen molar-refractivity contribution in [1.82, 2.24) is 9.80 Å². The summed E-state index contributed by atoms with van der Waals surface area (Å²) < 4.78 is 0. The Morgan fingerprint density at radius 2 is 1.36 bits per heavy atom. The monoisotopic (exact) mass is 404 g/mol. The van der Waals surface area contributed by atoms with E-state index in [1.54, 1.807) is 4.90 Å². The third kappa shape index (κ3) is 4.77. The normalized spacial score (nSPS) is 22.1. The van der Waals surface area contributed by atoms with Crippen LogP contribution in [0.3, 0.4) is 0 Å². The maximum atomic E-state index is 12.5. The maximum Gasteiger partial charge on any atom is 0.229 e. The summed E-state index contributed by atoms with van der Waals surface area (Å²) in [4.78, 5) is 29.1. The zero-order chi connectivity index (χ0) is 18.7. The molecule has 1 aliphatic carbocycles. The van der Waals surface area contributed by atoms with Crippen molar-refractivity contribution in [3.8, 4) is 0 Å². The Morgan fingerprint density at radius 1 is 0.821 bits per heavy atom. The highest BCUT2D eigenvalue weighted by Gasteiger charge is 2.44. The lowest BCUT2D eigenvalue weighted by Gasteiger charge is -2.37. The Labute approximate surface area is 175 Å². The van der Waals surface area contributed by atoms with E-state index < -0.39 is 0 Å². The molecule has 4 nitrogen and oxygen atoms in total. The second-order valence-corrected chi connectivity index (χ2v) is 8.82. The summed E-state index contributed by atoms with van der Waals surface area (Å²) in [6.45, 7) is 3.90. The minimum absolute atomic E-state index is 0. The lowest BCUT2D eigenvalue weighted by Crippen LogP contribution is -2.47. The molecule has 28 heavy (non-hydrogen) atoms. The molecular weight excluding hydrogens is 372 g/mol. The third-order valence-electron chi connectivity index (χ3n) is 6.94. The van der Waals surface area contributed by atoms with Crippen LogP contribution in [0.1, 0.15) is 62.5 Å². The smallest absolute Gasteiger partial charge is 0.229 e. The summed E-state index contributed by atoms with van der Waals surface area (Å²) in [6.07, 6.45) is 9.92. The lowest BCUT2D eigenvalue weighted by molar-refractivity contribution is -0.153. The van der Waals surface area contributed by atoms with Crippen molar-refractivity contribution >= 4 is 24.2 Å². The number of fused-ring (bicyclic) bond motifs is 1. The standard InChI is InChI=1S/C23H32N2O2.ClH/c26-21-17-23(11-3-4-12-23)18-22(27)25(21)14-6-5-13-24-15-9-19-7-1-2-8-20(19)10-16-24;/h1-2,7-8H,3-6,9-18H2;1H. The van der Waals surface area contributed by atoms with Crippen LogP contribution in [0, 0.1) is 5.41 Å². The lowest BCUT2D eigenvalue weighted by atomic mass is 9.76. The first kappa shape index (κ1) is 21.3. The molecule has 1 saturated heterocycles. The van der Waals surface area contributed by atoms with Crippen molar-refractivity contribution in [2.75, 3.05) is 26.2 Å². The van der Waals surface area contributed by atoms with Gasteiger partial charge in [0, 0.05) is 32.5 Å². The first-order valence-corrected chi connectivity index (χ1v) is 10.8. The van der Waals surface area contributed by atoms with Crippen LogP contribution in [0.2, 0.25) is 0 Å². The van der Waals surface area contributed by atoms with E-state index in [-0.39, 0.29) is 29.6 Å². The fourth-order valence-corrected chi connectivity index (χ4v) is 5.31. The number of nitrogens with zero attached hydrogens (tertiary/aromatic N) is 2. The van der Waals surface area contributed by atoms with Gasteiger partial charge >= 0.3 is 0 Å². The molecular formula is C23H33ClN2O2. The number of hydrogen-bond donors (Lipinski definition) is 0. The van der Waals surface area contributed by atoms with Gasteiger partial charge in [-0.05, 0) is 61.6 Å². The van der Waals surface area contributed by atoms with Gasteiger partial charge < -0.3 is 4.90 Å². The first-order valence-electron chi connectivity index (χ1n) is 10.8. The molecule has 1 spiro atoms. The predicted octanol–water partition coefficient (Wildman–Crippen LogP) is 4.00. The highest BCUT2D eigenvalue weighted by atomic mass is 35.5. The van der Waals surface area contributed by atoms with Gasteiger partial charge in [0.2, 0.25) is 11.8 Å². The van der Waals surface area contributed by atoms with Crippen molar-refractivity contribution in [3.63, 3.8) is 0 Å². The number of piperidine rings is 1. The van der Waals surface area contributed by atoms with E-state index >= 15 is 0 Å². The molecule has 3 aliphatic rings. The highest BCUT2D eigenvalue weighted by Crippen LogP contribution is 2.46. The van der Waals surface area contributed by atoms with Crippen molar-refractivity contribution in [2.24, 2.45) is 5.41 Å². The van der Waals surface area contributed by atoms with E-state index in [1.165, 1.54) is 24.0 Å². The molecule has 2 heterocycles. The molecule has 0 radical (unpaired) electrons. The SMILES string of the molecule is Cl.O=C1CC2(CCCC2)CC(=O)N1CCCCN1CCc2ccccc2CC1. The summed E-state index contributed by atoms with van der Waals surface area (Å²) in [5, 5.41) is 0. The number of carbonyl (C=O) groups excluding carboxylic acids is 2. The molecule has 2 amide bonds. The number of benzene rings is 1. The number of imide groups is 1. The van der Waals surface area contributed by atoms with Crippen molar-refractivity contribution < 1.29 is 9.59 Å². The molecule has 1 aromatic rings. The summed E-state index contributed by atoms with van der Waals surface area (Å²) in [7, 11) is 0. The summed E-state index contributed by atoms with van der Waals surface area (Å²) in [5.74, 6) is 0.164. The average Bonchev–Trinajstić information content (AvgIpc) is 2.99. The molecule has 154 valence electrons. The molecule has 0 aromatic heterocycles. The summed E-state index contributed by atoms with van der Waals surface area (Å²) in [5.41, 5.74) is 3.00. The molecule has 0 unspecified atom stereocenters. The van der Waals surface area contributed by atoms with E-state index in [4.69, 9.17) is 0 Å². The van der Waals surface area contributed by atoms with Crippen LogP contribution in [-0.4, -0.2) is 47.8 Å². The average molecular weight is 405 g/mol. The van der Waals surface area contributed by atoms with Crippen LogP contribution < -0.4 is 0 Å². The number of amides is 2. The quantitative estimate of drug-likeness (QED) is 0.550. The van der Waals surface area contributed by atoms with Crippen molar-refractivity contribution in [3.05, 3.63) is 35.4 Å². The van der Waals surface area contributed by atoms with Gasteiger partial charge in [0.05, 0.1) is 0 Å². The molecule has 0 bridgehead atoms. The molecule has 1 saturated carbocycles. The van der Waals surface area contributed by atoms with Crippen LogP contribution in [0.25, 0.3) is 0 Å². The topological polar surface area (TPSA) is 40.6 Å². The zero-order valence-corrected chi connectivity index (χ0v) is 17.6. The number of likely N-dealkylation sites (tertiary alicyclic amines) is 1. The highest BCUT2D eigenvalue weighted by molar-refractivity contribution is 5.98. The van der Waals surface area contributed by atoms with Gasteiger partial charge in [-0.3, -0.25) is 14.5 Å². The maximum absolute atomic E-state index is 12.5. The largest absolute Gasteiger partial charge is 0.303 e. The Hall–Kier alpha value is -1.39. The number of rotatable bonds is 5. The van der Waals surface area contributed by atoms with Crippen LogP contribution in [0.15, 0.2) is 24.3 Å². The fraction of sp³-hybridized carbons (Fsp3) is 0.652. The van der Waals surface area contributed by atoms with Gasteiger partial charge in [-0.2, -0.15) is 0 Å². The Balaban J connectivity index is 0.00000225. The molecule has 1 aromatic carbocycles. The number of unbranched alkanes of at least 4 members (excludes halogenated alkanes) is 1. The van der Waals surface area contributed by atoms with E-state index in [0.29, 0.717) is 19.4 Å². The summed E-state index contributed by atoms with van der Waals surface area (Å²) >= 11 is 0. The van der Waals surface area contributed by atoms with Gasteiger partial charge in [-0.1, -0.05) is 37.1 Å². The van der Waals surface area contributed by atoms with Crippen LogP contribution in [0.4, 0.5) is 0 Å². The predicted molar refractivity (Wildman–Crippen MR) is 114 cm³/mol. The van der Waals surface area contributed by atoms with Gasteiger partial charge in [0.25, 0.3) is 0 Å². The van der Waals surface area contributed by atoms with Crippen LogP contribution in [0.5, 0.6) is 0 Å². The summed E-state index contributed by atoms with van der Waals surface area (Å²) in [6, 6.07) is 8.78. The van der Waals surface area contributed by atoms with Gasteiger partial charge in [0.1, 0.15) is 0 Å². The minimum atomic E-state index is 0. The second-order valence-electron chi connectivity index (χ2n) is 8.82. The van der Waals surface area contributed by atoms with Crippen molar-refractivity contribution in [1.29, 1.82) is 0 Å². The molecule has 0 N–H and O–H groups in total. The molecule has 0 atom stereocenters. The molecule has 2 aliphatic heterocycles. The number of hydrogen-bond acceptors (Lipinski definition) is 3. The van der Waals surface area contributed by atoms with Gasteiger partial charge in [-0.15, -0.1) is 12.4 Å². The van der Waals surface area contributed by atoms with Crippen molar-refractivity contribution in [2.45, 2.75) is 64.2 Å². The first-order chi connectivity index (χ1) is 13.2. The molecule has 4 rings (SSSR count). The number of carbonyl (C=O) groups is 2. The minimum Gasteiger partial charge on any atom is -0.303 e. The fourth-order valence-electron chi connectivity index (χ4n) is 5.31. The van der Waals surface area contributed by atoms with Crippen LogP contribution >= 0.6 is 12.4 Å². The number of halogens is 1. The zero-order valence-electron chi connectivity index (χ0n) is 16.8. The van der Waals surface area contributed by atoms with E-state index in [9.17, 15) is 9.59 Å². The van der Waals surface area contributed by atoms with Crippen LogP contribution in [-0.2, 0) is 22.4 Å². The van der Waals surface area contributed by atoms with E-state index in [2.05, 4.69) is 29.2 Å². The Morgan fingerprint density at radius 3 is 1.93 bits per heavy atom. The van der Waals surface area contributed by atoms with Gasteiger partial charge in [-0.25, -0.2) is 0 Å². The van der Waals surface area contributed by atoms with E-state index in [1.807, 2.05) is 0 Å². The third-order valence-corrected chi connectivity index (χ3v) is 6.94. The second kappa shape index (κ2) is 9.41. The van der Waals surface area contributed by atoms with E-state index in [0.717, 1.165) is 58.2 Å². The van der Waals surface area contributed by atoms with Gasteiger partial charge in [0.15, 0.2) is 0 Å². The Bertz CT molecular complexity index is 653.